The van der Waals surface area contributed by atoms with E-state index in [1.54, 1.807) is 0 Å². The summed E-state index contributed by atoms with van der Waals surface area (Å²) in [4.78, 5) is 9.80. The van der Waals surface area contributed by atoms with Gasteiger partial charge in [-0.1, -0.05) is 0 Å². The standard InChI is InChI=1S/C3H4O3.C2H2/c4-3-5-1-2-6-3;1-2/h1-2H2;1-2H. The van der Waals surface area contributed by atoms with Gasteiger partial charge in [0.1, 0.15) is 13.2 Å². The lowest BCUT2D eigenvalue weighted by Gasteiger charge is -1.78. The van der Waals surface area contributed by atoms with Crippen LogP contribution < -0.4 is 0 Å². The molecule has 8 heavy (non-hydrogen) atoms. The number of hydrogen-bond donors (Lipinski definition) is 0. The van der Waals surface area contributed by atoms with Crippen molar-refractivity contribution in [3.05, 3.63) is 0 Å². The molecule has 1 aliphatic rings. The first-order valence-electron chi connectivity index (χ1n) is 2.02. The van der Waals surface area contributed by atoms with Gasteiger partial charge < -0.3 is 9.47 Å². The Balaban J connectivity index is 0.000000222. The van der Waals surface area contributed by atoms with Gasteiger partial charge in [0, 0.05) is 0 Å². The van der Waals surface area contributed by atoms with Gasteiger partial charge in [-0.05, 0) is 0 Å². The highest BCUT2D eigenvalue weighted by Crippen LogP contribution is 1.92. The summed E-state index contributed by atoms with van der Waals surface area (Å²) in [6, 6.07) is 0. The van der Waals surface area contributed by atoms with E-state index in [2.05, 4.69) is 22.3 Å². The molecule has 1 rings (SSSR count). The summed E-state index contributed by atoms with van der Waals surface area (Å²) in [7, 11) is 0. The maximum atomic E-state index is 9.80. The Morgan fingerprint density at radius 3 is 1.75 bits per heavy atom. The molecule has 0 N–H and O–H groups in total. The average molecular weight is 114 g/mol. The van der Waals surface area contributed by atoms with E-state index in [-0.39, 0.29) is 0 Å². The van der Waals surface area contributed by atoms with Crippen molar-refractivity contribution in [2.75, 3.05) is 13.2 Å². The van der Waals surface area contributed by atoms with Crippen molar-refractivity contribution in [3.8, 4) is 12.8 Å². The SMILES string of the molecule is C#C.O=C1OCCO1. The summed E-state index contributed by atoms with van der Waals surface area (Å²) in [5.74, 6) is 0. The Morgan fingerprint density at radius 1 is 1.25 bits per heavy atom. The molecule has 1 saturated heterocycles. The van der Waals surface area contributed by atoms with Gasteiger partial charge in [-0.3, -0.25) is 0 Å². The summed E-state index contributed by atoms with van der Waals surface area (Å²) in [5.41, 5.74) is 0. The first-order valence-corrected chi connectivity index (χ1v) is 2.02. The fourth-order valence-electron chi connectivity index (χ4n) is 0.292. The number of terminal acetylenes is 1. The molecule has 44 valence electrons. The molecule has 0 unspecified atom stereocenters. The van der Waals surface area contributed by atoms with Crippen LogP contribution >= 0.6 is 0 Å². The van der Waals surface area contributed by atoms with Gasteiger partial charge in [-0.25, -0.2) is 4.79 Å². The largest absolute Gasteiger partial charge is 0.508 e. The quantitative estimate of drug-likeness (QED) is 0.338. The average Bonchev–Trinajstić information content (AvgIpc) is 2.24. The minimum absolute atomic E-state index is 0.416. The molecule has 1 fully saturated rings. The van der Waals surface area contributed by atoms with Crippen molar-refractivity contribution in [2.24, 2.45) is 0 Å². The highest BCUT2D eigenvalue weighted by Gasteiger charge is 2.09. The Bertz CT molecular complexity index is 87.1. The van der Waals surface area contributed by atoms with E-state index >= 15 is 0 Å². The number of ether oxygens (including phenoxy) is 2. The zero-order valence-electron chi connectivity index (χ0n) is 4.29. The molecule has 0 amide bonds. The molecule has 3 nitrogen and oxygen atoms in total. The molecule has 0 aliphatic carbocycles. The number of carbonyl (C=O) groups is 1. The second-order valence-electron chi connectivity index (χ2n) is 0.947. The first kappa shape index (κ1) is 6.83. The second kappa shape index (κ2) is 4.00. The topological polar surface area (TPSA) is 35.5 Å². The molecule has 1 aliphatic heterocycles. The van der Waals surface area contributed by atoms with Crippen LogP contribution in [0.3, 0.4) is 0 Å². The maximum Gasteiger partial charge on any atom is 0.508 e. The summed E-state index contributed by atoms with van der Waals surface area (Å²) in [5, 5.41) is 0. The van der Waals surface area contributed by atoms with Crippen molar-refractivity contribution in [2.45, 2.75) is 0 Å². The first-order chi connectivity index (χ1) is 3.89. The van der Waals surface area contributed by atoms with E-state index in [4.69, 9.17) is 0 Å². The molecule has 0 spiro atoms. The Hall–Kier alpha value is -1.17. The van der Waals surface area contributed by atoms with Crippen LogP contribution in [-0.2, 0) is 9.47 Å². The molecule has 3 heteroatoms. The molecule has 0 saturated carbocycles. The predicted octanol–water partition coefficient (Wildman–Crippen LogP) is 0.403. The van der Waals surface area contributed by atoms with Crippen LogP contribution in [0.1, 0.15) is 0 Å². The second-order valence-corrected chi connectivity index (χ2v) is 0.947. The third-order valence-electron chi connectivity index (χ3n) is 0.523. The molecule has 1 heterocycles. The normalized spacial score (nSPS) is 15.0. The van der Waals surface area contributed by atoms with E-state index in [1.165, 1.54) is 0 Å². The number of cyclic esters (lactones) is 2. The lowest BCUT2D eigenvalue weighted by atomic mass is 10.8. The van der Waals surface area contributed by atoms with E-state index in [0.29, 0.717) is 13.2 Å². The summed E-state index contributed by atoms with van der Waals surface area (Å²) in [6.07, 6.45) is 7.45. The highest BCUT2D eigenvalue weighted by atomic mass is 16.8. The Labute approximate surface area is 47.6 Å². The molecule has 0 aromatic carbocycles. The summed E-state index contributed by atoms with van der Waals surface area (Å²) in [6.45, 7) is 0.831. The highest BCUT2D eigenvalue weighted by molar-refractivity contribution is 5.61. The lowest BCUT2D eigenvalue weighted by molar-refractivity contribution is 0.131. The molecule has 0 aromatic heterocycles. The number of rotatable bonds is 0. The Morgan fingerprint density at radius 2 is 1.62 bits per heavy atom. The van der Waals surface area contributed by atoms with Crippen LogP contribution in [0.2, 0.25) is 0 Å². The smallest absolute Gasteiger partial charge is 0.431 e. The molecule has 0 bridgehead atoms. The zero-order chi connectivity index (χ0) is 6.41. The summed E-state index contributed by atoms with van der Waals surface area (Å²) < 4.78 is 8.58. The van der Waals surface area contributed by atoms with Crippen LogP contribution in [0.15, 0.2) is 0 Å². The van der Waals surface area contributed by atoms with Gasteiger partial charge in [0.05, 0.1) is 0 Å². The number of hydrogen-bond acceptors (Lipinski definition) is 3. The molecular weight excluding hydrogens is 108 g/mol. The predicted molar refractivity (Wildman–Crippen MR) is 27.2 cm³/mol. The summed E-state index contributed by atoms with van der Waals surface area (Å²) >= 11 is 0. The van der Waals surface area contributed by atoms with Gasteiger partial charge in [-0.2, -0.15) is 0 Å². The van der Waals surface area contributed by atoms with E-state index < -0.39 is 6.16 Å². The molecule has 0 aromatic rings. The lowest BCUT2D eigenvalue weighted by Crippen LogP contribution is -1.88. The number of carbonyl (C=O) groups excluding carboxylic acids is 1. The van der Waals surface area contributed by atoms with Crippen LogP contribution in [0.5, 0.6) is 0 Å². The van der Waals surface area contributed by atoms with Crippen molar-refractivity contribution < 1.29 is 14.3 Å². The van der Waals surface area contributed by atoms with Crippen molar-refractivity contribution in [1.82, 2.24) is 0 Å². The van der Waals surface area contributed by atoms with Crippen LogP contribution in [0.25, 0.3) is 0 Å². The van der Waals surface area contributed by atoms with Crippen LogP contribution in [0, 0.1) is 12.8 Å². The van der Waals surface area contributed by atoms with Gasteiger partial charge in [0.15, 0.2) is 0 Å². The van der Waals surface area contributed by atoms with Gasteiger partial charge in [0.2, 0.25) is 0 Å². The van der Waals surface area contributed by atoms with Gasteiger partial charge in [0.25, 0.3) is 0 Å². The fourth-order valence-corrected chi connectivity index (χ4v) is 0.292. The van der Waals surface area contributed by atoms with Crippen molar-refractivity contribution >= 4 is 6.16 Å². The fraction of sp³-hybridized carbons (Fsp3) is 0.400. The van der Waals surface area contributed by atoms with E-state index in [1.807, 2.05) is 0 Å². The van der Waals surface area contributed by atoms with Gasteiger partial charge >= 0.3 is 6.16 Å². The third kappa shape index (κ3) is 2.08. The van der Waals surface area contributed by atoms with Crippen LogP contribution in [0.4, 0.5) is 4.79 Å². The minimum Gasteiger partial charge on any atom is -0.431 e. The van der Waals surface area contributed by atoms with Gasteiger partial charge in [-0.15, -0.1) is 12.8 Å². The molecular formula is C5H6O3. The van der Waals surface area contributed by atoms with Crippen molar-refractivity contribution in [3.63, 3.8) is 0 Å². The molecule has 0 atom stereocenters. The monoisotopic (exact) mass is 114 g/mol. The maximum absolute atomic E-state index is 9.80. The van der Waals surface area contributed by atoms with Crippen molar-refractivity contribution in [1.29, 1.82) is 0 Å². The van der Waals surface area contributed by atoms with Crippen LogP contribution in [-0.4, -0.2) is 19.4 Å². The Kier molecular flexibility index (Phi) is 3.42. The minimum atomic E-state index is -0.546. The molecule has 0 radical (unpaired) electrons. The van der Waals surface area contributed by atoms with E-state index in [9.17, 15) is 4.79 Å². The third-order valence-corrected chi connectivity index (χ3v) is 0.523. The zero-order valence-corrected chi connectivity index (χ0v) is 4.29. The van der Waals surface area contributed by atoms with E-state index in [0.717, 1.165) is 0 Å².